The lowest BCUT2D eigenvalue weighted by Gasteiger charge is -1.79. The molecule has 0 atom stereocenters. The Labute approximate surface area is 313 Å². The molecule has 0 fully saturated rings. The molecule has 0 saturated carbocycles. The Morgan fingerprint density at radius 2 is 0.340 bits per heavy atom. The smallest absolute Gasteiger partial charge is 0.450 e. The SMILES string of the molecule is CC#CC#CC#CC#CC#CC#CC#CC#CC#CC#CC#CC#CC#CC#CC#CC#CC#CC#CC#CC#CC#CC#CC#CC.COC(=O)O. The zero-order valence-electron chi connectivity index (χ0n) is 27.8. The van der Waals surface area contributed by atoms with Crippen LogP contribution in [-0.4, -0.2) is 18.4 Å². The van der Waals surface area contributed by atoms with Crippen molar-refractivity contribution in [2.45, 2.75) is 13.8 Å². The Balaban J connectivity index is 0. The van der Waals surface area contributed by atoms with Gasteiger partial charge in [-0.05, 0) is 109 Å². The Bertz CT molecular complexity index is 2790. The molecule has 3 heteroatoms. The molecule has 0 rings (SSSR count). The normalized spacial score (nSPS) is 4.21. The van der Waals surface area contributed by atoms with Gasteiger partial charge in [0.2, 0.25) is 0 Å². The Morgan fingerprint density at radius 3 is 0.396 bits per heavy atom. The van der Waals surface area contributed by atoms with Gasteiger partial charge in [-0.3, -0.25) is 0 Å². The maximum atomic E-state index is 9.15. The van der Waals surface area contributed by atoms with Crippen molar-refractivity contribution >= 4 is 6.16 Å². The van der Waals surface area contributed by atoms with Crippen LogP contribution in [0.2, 0.25) is 0 Å². The van der Waals surface area contributed by atoms with Crippen LogP contribution in [0.3, 0.4) is 0 Å². The van der Waals surface area contributed by atoms with E-state index in [-0.39, 0.29) is 0 Å². The molecule has 0 aliphatic rings. The predicted octanol–water partition coefficient (Wildman–Crippen LogP) is 1.42. The summed E-state index contributed by atoms with van der Waals surface area (Å²) < 4.78 is 3.67. The van der Waals surface area contributed by atoms with E-state index in [1.165, 1.54) is 0 Å². The lowest BCUT2D eigenvalue weighted by atomic mass is 10.4. The zero-order chi connectivity index (χ0) is 38.8. The molecule has 0 spiro atoms. The summed E-state index contributed by atoms with van der Waals surface area (Å²) >= 11 is 0. The van der Waals surface area contributed by atoms with Crippen LogP contribution in [0, 0.1) is 272 Å². The lowest BCUT2D eigenvalue weighted by Crippen LogP contribution is -1.91. The monoisotopic (exact) mass is 658 g/mol. The van der Waals surface area contributed by atoms with Gasteiger partial charge < -0.3 is 9.84 Å². The van der Waals surface area contributed by atoms with Gasteiger partial charge in [0.15, 0.2) is 0 Å². The van der Waals surface area contributed by atoms with Gasteiger partial charge in [-0.2, -0.15) is 0 Å². The fraction of sp³-hybridized carbons (Fsp3) is 0.0600. The van der Waals surface area contributed by atoms with E-state index < -0.39 is 6.16 Å². The van der Waals surface area contributed by atoms with Gasteiger partial charge in [-0.15, -0.1) is 0 Å². The van der Waals surface area contributed by atoms with E-state index in [1.807, 2.05) is 0 Å². The Hall–Kier alpha value is -10.9. The zero-order valence-corrected chi connectivity index (χ0v) is 27.8. The summed E-state index contributed by atoms with van der Waals surface area (Å²) in [5, 5.41) is 7.50. The van der Waals surface area contributed by atoms with Crippen LogP contribution in [0.1, 0.15) is 13.8 Å². The van der Waals surface area contributed by atoms with Crippen molar-refractivity contribution in [2.24, 2.45) is 0 Å². The molecular formula is C50H10O3. The first-order chi connectivity index (χ1) is 26.2. The molecule has 0 aliphatic heterocycles. The van der Waals surface area contributed by atoms with Crippen molar-refractivity contribution in [2.75, 3.05) is 7.11 Å². The number of hydrogen-bond acceptors (Lipinski definition) is 2. The molecule has 0 aromatic rings. The van der Waals surface area contributed by atoms with Crippen LogP contribution < -0.4 is 0 Å². The lowest BCUT2D eigenvalue weighted by molar-refractivity contribution is 0.114. The minimum atomic E-state index is -1.25. The average Bonchev–Trinajstić information content (AvgIpc) is 3.16. The fourth-order valence-corrected chi connectivity index (χ4v) is 1.44. The van der Waals surface area contributed by atoms with Crippen molar-refractivity contribution in [3.8, 4) is 272 Å². The van der Waals surface area contributed by atoms with Crippen LogP contribution >= 0.6 is 0 Å². The van der Waals surface area contributed by atoms with Gasteiger partial charge in [0.05, 0.1) is 7.11 Å². The standard InChI is InChI=1S/C48H6.C2H4O3/c1-3-5-7-9-11-13-15-17-19-21-23-25-27-29-31-33-35-37-39-41-43-45-47-48-46-44-42-40-38-36-34-32-30-28-26-24-22-20-18-16-14-12-10-8-6-4-2;1-5-2(3)4/h1-2H3;1H3,(H,3,4). The van der Waals surface area contributed by atoms with Crippen molar-refractivity contribution in [3.05, 3.63) is 0 Å². The summed E-state index contributed by atoms with van der Waals surface area (Å²) in [5.41, 5.74) is 0. The molecule has 0 aliphatic carbocycles. The maximum absolute atomic E-state index is 9.15. The molecule has 0 aromatic heterocycles. The highest BCUT2D eigenvalue weighted by Crippen LogP contribution is 1.63. The van der Waals surface area contributed by atoms with Crippen molar-refractivity contribution in [1.82, 2.24) is 0 Å². The van der Waals surface area contributed by atoms with E-state index in [0.717, 1.165) is 7.11 Å². The summed E-state index contributed by atoms with van der Waals surface area (Å²) in [4.78, 5) is 9.15. The number of carbonyl (C=O) groups is 1. The summed E-state index contributed by atoms with van der Waals surface area (Å²) in [6.45, 7) is 3.38. The summed E-state index contributed by atoms with van der Waals surface area (Å²) in [6, 6.07) is 0. The van der Waals surface area contributed by atoms with Crippen LogP contribution in [0.15, 0.2) is 0 Å². The summed E-state index contributed by atoms with van der Waals surface area (Å²) in [5.74, 6) is 116. The Kier molecular flexibility index (Phi) is 36.2. The largest absolute Gasteiger partial charge is 0.505 e. The second kappa shape index (κ2) is 43.3. The number of hydrogen-bond donors (Lipinski definition) is 1. The first-order valence-corrected chi connectivity index (χ1v) is 13.3. The molecule has 0 heterocycles. The van der Waals surface area contributed by atoms with Crippen LogP contribution in [0.25, 0.3) is 0 Å². The fourth-order valence-electron chi connectivity index (χ4n) is 1.44. The predicted molar refractivity (Wildman–Crippen MR) is 205 cm³/mol. The van der Waals surface area contributed by atoms with E-state index in [1.54, 1.807) is 13.8 Å². The van der Waals surface area contributed by atoms with Crippen LogP contribution in [0.5, 0.6) is 0 Å². The maximum Gasteiger partial charge on any atom is 0.505 e. The van der Waals surface area contributed by atoms with Gasteiger partial charge in [-0.1, -0.05) is 11.8 Å². The first-order valence-electron chi connectivity index (χ1n) is 13.3. The third-order valence-corrected chi connectivity index (χ3v) is 3.11. The van der Waals surface area contributed by atoms with Crippen molar-refractivity contribution in [3.63, 3.8) is 0 Å². The topological polar surface area (TPSA) is 46.5 Å². The molecule has 53 heavy (non-hydrogen) atoms. The minimum Gasteiger partial charge on any atom is -0.450 e. The molecule has 0 bridgehead atoms. The van der Waals surface area contributed by atoms with Gasteiger partial charge >= 0.3 is 6.16 Å². The minimum absolute atomic E-state index is 1.10. The van der Waals surface area contributed by atoms with E-state index in [2.05, 4.69) is 277 Å². The van der Waals surface area contributed by atoms with Gasteiger partial charge in [-0.25, -0.2) is 4.79 Å². The highest BCUT2D eigenvalue weighted by molar-refractivity contribution is 5.56. The van der Waals surface area contributed by atoms with Gasteiger partial charge in [0, 0.05) is 166 Å². The molecule has 0 unspecified atom stereocenters. The van der Waals surface area contributed by atoms with E-state index in [4.69, 9.17) is 9.90 Å². The third-order valence-electron chi connectivity index (χ3n) is 3.11. The number of methoxy groups -OCH3 is 1. The molecule has 3 nitrogen and oxygen atoms in total. The first kappa shape index (κ1) is 44.3. The van der Waals surface area contributed by atoms with Crippen molar-refractivity contribution < 1.29 is 14.6 Å². The number of carboxylic acid groups (broad SMARTS) is 1. The highest BCUT2D eigenvalue weighted by atomic mass is 16.6. The molecule has 1 N–H and O–H groups in total. The number of ether oxygens (including phenoxy) is 1. The summed E-state index contributed by atoms with van der Waals surface area (Å²) in [7, 11) is 1.10. The Morgan fingerprint density at radius 1 is 0.264 bits per heavy atom. The summed E-state index contributed by atoms with van der Waals surface area (Å²) in [6.07, 6.45) is -1.25. The molecular weight excluding hydrogens is 649 g/mol. The quantitative estimate of drug-likeness (QED) is 0.317. The van der Waals surface area contributed by atoms with E-state index in [9.17, 15) is 0 Å². The van der Waals surface area contributed by atoms with E-state index in [0.29, 0.717) is 0 Å². The highest BCUT2D eigenvalue weighted by Gasteiger charge is 1.80. The molecule has 228 valence electrons. The second-order valence-electron chi connectivity index (χ2n) is 6.47. The van der Waals surface area contributed by atoms with Crippen LogP contribution in [-0.2, 0) is 4.74 Å². The molecule has 0 amide bonds. The second-order valence-corrected chi connectivity index (χ2v) is 6.47. The van der Waals surface area contributed by atoms with E-state index >= 15 is 0 Å². The van der Waals surface area contributed by atoms with Gasteiger partial charge in [0.1, 0.15) is 0 Å². The third kappa shape index (κ3) is 48.3. The number of rotatable bonds is 0. The average molecular weight is 659 g/mol. The van der Waals surface area contributed by atoms with Crippen molar-refractivity contribution in [1.29, 1.82) is 0 Å². The molecule has 0 radical (unpaired) electrons. The van der Waals surface area contributed by atoms with Gasteiger partial charge in [0.25, 0.3) is 0 Å². The molecule has 0 saturated heterocycles. The van der Waals surface area contributed by atoms with Crippen LogP contribution in [0.4, 0.5) is 4.79 Å². The molecule has 0 aromatic carbocycles.